The minimum atomic E-state index is -0.664. The Kier molecular flexibility index (Phi) is 4.15. The molecule has 0 radical (unpaired) electrons. The van der Waals surface area contributed by atoms with Crippen molar-refractivity contribution < 1.29 is 18.7 Å². The van der Waals surface area contributed by atoms with Crippen LogP contribution < -0.4 is 15.4 Å². The first-order chi connectivity index (χ1) is 11.5. The van der Waals surface area contributed by atoms with Gasteiger partial charge in [-0.25, -0.2) is 4.39 Å². The number of rotatable bonds is 4. The molecule has 0 saturated carbocycles. The largest absolute Gasteiger partial charge is 0.486 e. The van der Waals surface area contributed by atoms with E-state index in [1.54, 1.807) is 19.3 Å². The molecule has 8 nitrogen and oxygen atoms in total. The molecule has 3 rings (SSSR count). The number of carbonyl (C=O) groups is 2. The fourth-order valence-corrected chi connectivity index (χ4v) is 2.55. The van der Waals surface area contributed by atoms with E-state index in [1.807, 2.05) is 0 Å². The quantitative estimate of drug-likeness (QED) is 0.858. The summed E-state index contributed by atoms with van der Waals surface area (Å²) in [5.74, 6) is -0.220. The Morgan fingerprint density at radius 2 is 2.21 bits per heavy atom. The highest BCUT2D eigenvalue weighted by Crippen LogP contribution is 2.34. The van der Waals surface area contributed by atoms with Crippen LogP contribution >= 0.6 is 0 Å². The summed E-state index contributed by atoms with van der Waals surface area (Å²) in [7, 11) is 3.15. The van der Waals surface area contributed by atoms with Crippen molar-refractivity contribution in [3.8, 4) is 5.75 Å². The molecule has 1 aliphatic heterocycles. The van der Waals surface area contributed by atoms with E-state index >= 15 is 0 Å². The molecule has 9 heteroatoms. The third kappa shape index (κ3) is 2.92. The number of carbonyl (C=O) groups excluding carboxylic acids is 2. The van der Waals surface area contributed by atoms with Crippen LogP contribution in [0.5, 0.6) is 5.75 Å². The number of nitrogens with one attached hydrogen (secondary N) is 2. The predicted molar refractivity (Wildman–Crippen MR) is 82.9 cm³/mol. The molecule has 24 heavy (non-hydrogen) atoms. The SMILES string of the molecule is CNC(=O)c1cc(C(=O)Nc2cn(C)nn2)cc2c1OC(CF)C2. The van der Waals surface area contributed by atoms with Crippen LogP contribution in [0.1, 0.15) is 26.3 Å². The smallest absolute Gasteiger partial charge is 0.256 e. The van der Waals surface area contributed by atoms with Crippen LogP contribution in [0.15, 0.2) is 18.3 Å². The molecule has 1 aromatic heterocycles. The Labute approximate surface area is 137 Å². The average Bonchev–Trinajstić information content (AvgIpc) is 3.18. The summed E-state index contributed by atoms with van der Waals surface area (Å²) in [6.07, 6.45) is 1.22. The maximum absolute atomic E-state index is 12.9. The minimum Gasteiger partial charge on any atom is -0.486 e. The van der Waals surface area contributed by atoms with Gasteiger partial charge in [-0.3, -0.25) is 14.3 Å². The van der Waals surface area contributed by atoms with E-state index < -0.39 is 24.6 Å². The van der Waals surface area contributed by atoms with Gasteiger partial charge in [-0.05, 0) is 17.7 Å². The summed E-state index contributed by atoms with van der Waals surface area (Å²) in [5.41, 5.74) is 1.10. The van der Waals surface area contributed by atoms with Crippen molar-refractivity contribution in [2.45, 2.75) is 12.5 Å². The average molecular weight is 333 g/mol. The van der Waals surface area contributed by atoms with Gasteiger partial charge in [-0.2, -0.15) is 0 Å². The van der Waals surface area contributed by atoms with E-state index in [0.29, 0.717) is 23.6 Å². The van der Waals surface area contributed by atoms with Crippen molar-refractivity contribution >= 4 is 17.6 Å². The summed E-state index contributed by atoms with van der Waals surface area (Å²) < 4.78 is 19.8. The topological polar surface area (TPSA) is 98.1 Å². The predicted octanol–water partition coefficient (Wildman–Crippen LogP) is 0.700. The van der Waals surface area contributed by atoms with Crippen LogP contribution in [0.4, 0.5) is 10.2 Å². The molecular weight excluding hydrogens is 317 g/mol. The molecule has 0 bridgehead atoms. The van der Waals surface area contributed by atoms with Gasteiger partial charge in [-0.15, -0.1) is 5.10 Å². The molecule has 1 atom stereocenters. The molecule has 1 aromatic carbocycles. The molecule has 1 aliphatic rings. The van der Waals surface area contributed by atoms with E-state index in [-0.39, 0.29) is 11.1 Å². The number of halogens is 1. The summed E-state index contributed by atoms with van der Waals surface area (Å²) in [4.78, 5) is 24.5. The summed E-state index contributed by atoms with van der Waals surface area (Å²) in [6.45, 7) is -0.664. The van der Waals surface area contributed by atoms with Crippen molar-refractivity contribution in [1.29, 1.82) is 0 Å². The zero-order valence-corrected chi connectivity index (χ0v) is 13.2. The summed E-state index contributed by atoms with van der Waals surface area (Å²) in [6, 6.07) is 3.02. The molecule has 2 amide bonds. The first kappa shape index (κ1) is 15.9. The van der Waals surface area contributed by atoms with Crippen LogP contribution in [-0.4, -0.2) is 46.6 Å². The number of benzene rings is 1. The first-order valence-electron chi connectivity index (χ1n) is 7.31. The molecule has 126 valence electrons. The second-order valence-electron chi connectivity index (χ2n) is 5.42. The molecular formula is C15H16FN5O3. The van der Waals surface area contributed by atoms with Crippen molar-refractivity contribution in [2.24, 2.45) is 7.05 Å². The van der Waals surface area contributed by atoms with Gasteiger partial charge in [0, 0.05) is 26.1 Å². The van der Waals surface area contributed by atoms with E-state index in [4.69, 9.17) is 4.74 Å². The molecule has 0 spiro atoms. The summed E-state index contributed by atoms with van der Waals surface area (Å²) >= 11 is 0. The molecule has 2 N–H and O–H groups in total. The van der Waals surface area contributed by atoms with Crippen molar-refractivity contribution in [3.63, 3.8) is 0 Å². The standard InChI is InChI=1S/C15H16FN5O3/c1-17-15(23)11-5-9(3-8-4-10(6-16)24-13(8)11)14(22)18-12-7-21(2)20-19-12/h3,5,7,10H,4,6H2,1-2H3,(H,17,23)(H,18,22). The zero-order chi connectivity index (χ0) is 17.3. The number of aryl methyl sites for hydroxylation is 1. The van der Waals surface area contributed by atoms with E-state index in [0.717, 1.165) is 0 Å². The minimum absolute atomic E-state index is 0.204. The van der Waals surface area contributed by atoms with Crippen LogP contribution in [0.2, 0.25) is 0 Å². The molecule has 0 fully saturated rings. The number of hydrogen-bond acceptors (Lipinski definition) is 5. The number of nitrogens with zero attached hydrogens (tertiary/aromatic N) is 3. The number of ether oxygens (including phenoxy) is 1. The molecule has 1 unspecified atom stereocenters. The lowest BCUT2D eigenvalue weighted by Crippen LogP contribution is -2.21. The highest BCUT2D eigenvalue weighted by Gasteiger charge is 2.29. The Morgan fingerprint density at radius 3 is 2.83 bits per heavy atom. The Bertz CT molecular complexity index is 804. The number of fused-ring (bicyclic) bond motifs is 1. The van der Waals surface area contributed by atoms with Gasteiger partial charge in [-0.1, -0.05) is 5.21 Å². The van der Waals surface area contributed by atoms with E-state index in [2.05, 4.69) is 20.9 Å². The van der Waals surface area contributed by atoms with Crippen LogP contribution in [0.3, 0.4) is 0 Å². The van der Waals surface area contributed by atoms with Gasteiger partial charge in [0.1, 0.15) is 18.5 Å². The lowest BCUT2D eigenvalue weighted by atomic mass is 10.0. The number of anilines is 1. The monoisotopic (exact) mass is 333 g/mol. The van der Waals surface area contributed by atoms with Gasteiger partial charge in [0.15, 0.2) is 5.82 Å². The highest BCUT2D eigenvalue weighted by molar-refractivity contribution is 6.07. The highest BCUT2D eigenvalue weighted by atomic mass is 19.1. The second-order valence-corrected chi connectivity index (χ2v) is 5.42. The maximum Gasteiger partial charge on any atom is 0.256 e. The summed E-state index contributed by atoms with van der Waals surface area (Å²) in [5, 5.41) is 12.6. The third-order valence-corrected chi connectivity index (χ3v) is 3.65. The zero-order valence-electron chi connectivity index (χ0n) is 13.2. The Morgan fingerprint density at radius 1 is 1.42 bits per heavy atom. The molecule has 2 heterocycles. The van der Waals surface area contributed by atoms with Gasteiger partial charge in [0.2, 0.25) is 0 Å². The molecule has 0 aliphatic carbocycles. The Hall–Kier alpha value is -2.97. The number of aromatic nitrogens is 3. The third-order valence-electron chi connectivity index (χ3n) is 3.65. The van der Waals surface area contributed by atoms with Gasteiger partial charge >= 0.3 is 0 Å². The van der Waals surface area contributed by atoms with Gasteiger partial charge in [0.05, 0.1) is 11.8 Å². The van der Waals surface area contributed by atoms with E-state index in [9.17, 15) is 14.0 Å². The molecule has 2 aromatic rings. The van der Waals surface area contributed by atoms with Gasteiger partial charge < -0.3 is 15.4 Å². The van der Waals surface area contributed by atoms with Crippen LogP contribution in [0, 0.1) is 0 Å². The van der Waals surface area contributed by atoms with E-state index in [1.165, 1.54) is 17.8 Å². The fraction of sp³-hybridized carbons (Fsp3) is 0.333. The van der Waals surface area contributed by atoms with Crippen molar-refractivity contribution in [1.82, 2.24) is 20.3 Å². The van der Waals surface area contributed by atoms with Crippen LogP contribution in [0.25, 0.3) is 0 Å². The first-order valence-corrected chi connectivity index (χ1v) is 7.31. The number of hydrogen-bond donors (Lipinski definition) is 2. The second kappa shape index (κ2) is 6.26. The van der Waals surface area contributed by atoms with Crippen molar-refractivity contribution in [3.05, 3.63) is 35.0 Å². The van der Waals surface area contributed by atoms with Crippen LogP contribution in [-0.2, 0) is 13.5 Å². The lowest BCUT2D eigenvalue weighted by molar-refractivity contribution is 0.0956. The fourth-order valence-electron chi connectivity index (χ4n) is 2.55. The number of alkyl halides is 1. The van der Waals surface area contributed by atoms with Crippen molar-refractivity contribution in [2.75, 3.05) is 19.0 Å². The Balaban J connectivity index is 1.94. The normalized spacial score (nSPS) is 15.5. The van der Waals surface area contributed by atoms with Gasteiger partial charge in [0.25, 0.3) is 11.8 Å². The maximum atomic E-state index is 12.9. The number of amides is 2. The lowest BCUT2D eigenvalue weighted by Gasteiger charge is -2.11. The molecule has 0 saturated heterocycles.